The lowest BCUT2D eigenvalue weighted by molar-refractivity contribution is -0.138. The number of carbonyl (C=O) groups is 1. The number of rotatable bonds is 2. The van der Waals surface area contributed by atoms with E-state index in [1.165, 1.54) is 0 Å². The van der Waals surface area contributed by atoms with Crippen molar-refractivity contribution in [3.63, 3.8) is 0 Å². The van der Waals surface area contributed by atoms with Crippen molar-refractivity contribution in [1.29, 1.82) is 0 Å². The molecule has 80 valence electrons. The van der Waals surface area contributed by atoms with Crippen LogP contribution in [0.2, 0.25) is 0 Å². The largest absolute Gasteiger partial charge is 0.497 e. The Morgan fingerprint density at radius 3 is 3.13 bits per heavy atom. The van der Waals surface area contributed by atoms with E-state index in [2.05, 4.69) is 5.32 Å². The Bertz CT molecular complexity index is 391. The zero-order valence-corrected chi connectivity index (χ0v) is 8.19. The van der Waals surface area contributed by atoms with Gasteiger partial charge in [-0.05, 0) is 12.1 Å². The minimum Gasteiger partial charge on any atom is -0.497 e. The summed E-state index contributed by atoms with van der Waals surface area (Å²) in [6, 6.07) is 4.52. The predicted molar refractivity (Wildman–Crippen MR) is 53.5 cm³/mol. The second kappa shape index (κ2) is 3.68. The highest BCUT2D eigenvalue weighted by Crippen LogP contribution is 2.32. The highest BCUT2D eigenvalue weighted by molar-refractivity contribution is 5.79. The van der Waals surface area contributed by atoms with E-state index in [0.29, 0.717) is 17.2 Å². The third kappa shape index (κ3) is 1.81. The molecule has 0 saturated carbocycles. The zero-order chi connectivity index (χ0) is 10.8. The number of carboxylic acid groups (broad SMARTS) is 1. The highest BCUT2D eigenvalue weighted by atomic mass is 16.5. The lowest BCUT2D eigenvalue weighted by Crippen LogP contribution is -2.38. The number of aliphatic carboxylic acids is 1. The molecule has 0 aromatic heterocycles. The van der Waals surface area contributed by atoms with Crippen molar-refractivity contribution in [2.45, 2.75) is 6.04 Å². The Hall–Kier alpha value is -1.91. The molecule has 1 heterocycles. The van der Waals surface area contributed by atoms with Crippen molar-refractivity contribution < 1.29 is 19.4 Å². The van der Waals surface area contributed by atoms with Crippen LogP contribution in [-0.4, -0.2) is 30.8 Å². The quantitative estimate of drug-likeness (QED) is 0.759. The second-order valence-electron chi connectivity index (χ2n) is 3.21. The number of nitrogens with one attached hydrogen (secondary N) is 1. The molecule has 15 heavy (non-hydrogen) atoms. The number of anilines is 1. The molecule has 1 aliphatic rings. The van der Waals surface area contributed by atoms with E-state index >= 15 is 0 Å². The van der Waals surface area contributed by atoms with E-state index in [4.69, 9.17) is 14.6 Å². The Kier molecular flexibility index (Phi) is 2.37. The van der Waals surface area contributed by atoms with Crippen LogP contribution in [0.5, 0.6) is 11.5 Å². The van der Waals surface area contributed by atoms with E-state index < -0.39 is 12.0 Å². The zero-order valence-electron chi connectivity index (χ0n) is 8.19. The Morgan fingerprint density at radius 2 is 2.47 bits per heavy atom. The molecular weight excluding hydrogens is 198 g/mol. The number of hydrogen-bond acceptors (Lipinski definition) is 4. The fraction of sp³-hybridized carbons (Fsp3) is 0.300. The molecule has 5 nitrogen and oxygen atoms in total. The lowest BCUT2D eigenvalue weighted by Gasteiger charge is -2.24. The fourth-order valence-corrected chi connectivity index (χ4v) is 1.41. The molecule has 1 aromatic carbocycles. The fourth-order valence-electron chi connectivity index (χ4n) is 1.41. The van der Waals surface area contributed by atoms with Crippen LogP contribution in [0.25, 0.3) is 0 Å². The molecule has 1 aliphatic heterocycles. The van der Waals surface area contributed by atoms with E-state index in [0.717, 1.165) is 0 Å². The Balaban J connectivity index is 2.27. The van der Waals surface area contributed by atoms with Crippen LogP contribution in [0.1, 0.15) is 0 Å². The number of methoxy groups -OCH3 is 1. The molecule has 0 radical (unpaired) electrons. The Morgan fingerprint density at radius 1 is 1.67 bits per heavy atom. The van der Waals surface area contributed by atoms with Gasteiger partial charge >= 0.3 is 5.97 Å². The van der Waals surface area contributed by atoms with Crippen molar-refractivity contribution in [1.82, 2.24) is 0 Å². The van der Waals surface area contributed by atoms with Crippen molar-refractivity contribution in [3.8, 4) is 11.5 Å². The molecule has 2 rings (SSSR count). The summed E-state index contributed by atoms with van der Waals surface area (Å²) in [7, 11) is 1.56. The van der Waals surface area contributed by atoms with Crippen LogP contribution >= 0.6 is 0 Å². The maximum absolute atomic E-state index is 10.7. The van der Waals surface area contributed by atoms with Gasteiger partial charge in [0.25, 0.3) is 0 Å². The molecule has 1 aromatic rings. The van der Waals surface area contributed by atoms with Gasteiger partial charge < -0.3 is 19.9 Å². The summed E-state index contributed by atoms with van der Waals surface area (Å²) in [5.74, 6) is 0.382. The molecule has 1 unspecified atom stereocenters. The molecule has 0 bridgehead atoms. The van der Waals surface area contributed by atoms with Crippen LogP contribution < -0.4 is 14.8 Å². The maximum atomic E-state index is 10.7. The third-order valence-electron chi connectivity index (χ3n) is 2.22. The molecule has 0 fully saturated rings. The van der Waals surface area contributed by atoms with Gasteiger partial charge in [0.05, 0.1) is 12.8 Å². The van der Waals surface area contributed by atoms with E-state index in [9.17, 15) is 4.79 Å². The summed E-state index contributed by atoms with van der Waals surface area (Å²) in [5.41, 5.74) is 0.646. The Labute approximate surface area is 86.6 Å². The third-order valence-corrected chi connectivity index (χ3v) is 2.22. The van der Waals surface area contributed by atoms with Gasteiger partial charge in [0.15, 0.2) is 6.04 Å². The van der Waals surface area contributed by atoms with Gasteiger partial charge in [-0.25, -0.2) is 4.79 Å². The first-order valence-electron chi connectivity index (χ1n) is 4.51. The molecule has 0 amide bonds. The van der Waals surface area contributed by atoms with Crippen molar-refractivity contribution in [2.75, 3.05) is 19.0 Å². The smallest absolute Gasteiger partial charge is 0.329 e. The SMILES string of the molecule is COc1ccc2c(c1)NC(C(=O)O)CO2. The molecule has 5 heteroatoms. The molecule has 0 saturated heterocycles. The van der Waals surface area contributed by atoms with E-state index in [1.54, 1.807) is 25.3 Å². The number of ether oxygens (including phenoxy) is 2. The summed E-state index contributed by atoms with van der Waals surface area (Å²) >= 11 is 0. The normalized spacial score (nSPS) is 18.3. The standard InChI is InChI=1S/C10H11NO4/c1-14-6-2-3-9-7(4-6)11-8(5-15-9)10(12)13/h2-4,8,11H,5H2,1H3,(H,12,13). The molecule has 1 atom stereocenters. The van der Waals surface area contributed by atoms with Crippen LogP contribution in [0.3, 0.4) is 0 Å². The number of hydrogen-bond donors (Lipinski definition) is 2. The first-order valence-corrected chi connectivity index (χ1v) is 4.51. The van der Waals surface area contributed by atoms with Gasteiger partial charge in [0, 0.05) is 6.07 Å². The molecule has 0 spiro atoms. The van der Waals surface area contributed by atoms with Crippen LogP contribution in [0.15, 0.2) is 18.2 Å². The first-order chi connectivity index (χ1) is 7.20. The van der Waals surface area contributed by atoms with Gasteiger partial charge in [0.2, 0.25) is 0 Å². The first kappa shape index (κ1) is 9.64. The summed E-state index contributed by atoms with van der Waals surface area (Å²) in [5, 5.41) is 11.7. The molecule has 2 N–H and O–H groups in total. The van der Waals surface area contributed by atoms with Gasteiger partial charge in [0.1, 0.15) is 18.1 Å². The summed E-state index contributed by atoms with van der Waals surface area (Å²) in [6.07, 6.45) is 0. The summed E-state index contributed by atoms with van der Waals surface area (Å²) < 4.78 is 10.3. The average Bonchev–Trinajstić information content (AvgIpc) is 2.27. The summed E-state index contributed by atoms with van der Waals surface area (Å²) in [6.45, 7) is 0.134. The van der Waals surface area contributed by atoms with Crippen molar-refractivity contribution in [3.05, 3.63) is 18.2 Å². The van der Waals surface area contributed by atoms with Crippen molar-refractivity contribution in [2.24, 2.45) is 0 Å². The van der Waals surface area contributed by atoms with Gasteiger partial charge in [-0.15, -0.1) is 0 Å². The monoisotopic (exact) mass is 209 g/mol. The topological polar surface area (TPSA) is 67.8 Å². The minimum atomic E-state index is -0.927. The van der Waals surface area contributed by atoms with Crippen LogP contribution in [0, 0.1) is 0 Å². The summed E-state index contributed by atoms with van der Waals surface area (Å²) in [4.78, 5) is 10.7. The van der Waals surface area contributed by atoms with Gasteiger partial charge in [-0.2, -0.15) is 0 Å². The van der Waals surface area contributed by atoms with Crippen LogP contribution in [0.4, 0.5) is 5.69 Å². The lowest BCUT2D eigenvalue weighted by atomic mass is 10.2. The van der Waals surface area contributed by atoms with Crippen LogP contribution in [-0.2, 0) is 4.79 Å². The maximum Gasteiger partial charge on any atom is 0.329 e. The molecule has 0 aliphatic carbocycles. The van der Waals surface area contributed by atoms with Gasteiger partial charge in [-0.3, -0.25) is 0 Å². The molecular formula is C10H11NO4. The minimum absolute atomic E-state index is 0.134. The number of carboxylic acids is 1. The van der Waals surface area contributed by atoms with E-state index in [-0.39, 0.29) is 6.61 Å². The second-order valence-corrected chi connectivity index (χ2v) is 3.21. The van der Waals surface area contributed by atoms with Gasteiger partial charge in [-0.1, -0.05) is 0 Å². The predicted octanol–water partition coefficient (Wildman–Crippen LogP) is 0.953. The number of benzene rings is 1. The highest BCUT2D eigenvalue weighted by Gasteiger charge is 2.24. The van der Waals surface area contributed by atoms with E-state index in [1.807, 2.05) is 0 Å². The average molecular weight is 209 g/mol. The number of fused-ring (bicyclic) bond motifs is 1. The van der Waals surface area contributed by atoms with Crippen molar-refractivity contribution >= 4 is 11.7 Å².